The molecule has 0 spiro atoms. The standard InChI is InChI=1S/C10H4F6N4O4S2/c11-9(12,13)5-1-3-17(21)7(19(5)23)25-26-8-18(22)4-2-6(20(8)24)10(14,15)16/h1-4H. The van der Waals surface area contributed by atoms with Gasteiger partial charge >= 0.3 is 34.1 Å². The maximum absolute atomic E-state index is 12.7. The molecular weight excluding hydrogens is 418 g/mol. The van der Waals surface area contributed by atoms with Crippen molar-refractivity contribution in [3.05, 3.63) is 56.7 Å². The lowest BCUT2D eigenvalue weighted by atomic mass is 10.4. The molecule has 0 N–H and O–H groups in total. The molecule has 0 aliphatic rings. The van der Waals surface area contributed by atoms with Crippen molar-refractivity contribution in [1.82, 2.24) is 0 Å². The average molecular weight is 422 g/mol. The Morgan fingerprint density at radius 1 is 0.654 bits per heavy atom. The molecule has 0 radical (unpaired) electrons. The van der Waals surface area contributed by atoms with E-state index in [1.165, 1.54) is 0 Å². The highest BCUT2D eigenvalue weighted by atomic mass is 33.1. The van der Waals surface area contributed by atoms with Crippen LogP contribution in [-0.2, 0) is 12.4 Å². The number of rotatable bonds is 3. The number of hydrogen-bond acceptors (Lipinski definition) is 6. The quantitative estimate of drug-likeness (QED) is 0.241. The molecule has 2 heterocycles. The van der Waals surface area contributed by atoms with Gasteiger partial charge < -0.3 is 20.8 Å². The van der Waals surface area contributed by atoms with E-state index in [1.807, 2.05) is 0 Å². The van der Waals surface area contributed by atoms with Crippen molar-refractivity contribution in [2.45, 2.75) is 22.7 Å². The van der Waals surface area contributed by atoms with Crippen molar-refractivity contribution < 1.29 is 45.3 Å². The molecule has 0 amide bonds. The van der Waals surface area contributed by atoms with E-state index in [-0.39, 0.29) is 43.2 Å². The lowest BCUT2D eigenvalue weighted by Crippen LogP contribution is -2.50. The van der Waals surface area contributed by atoms with Gasteiger partial charge in [-0.25, -0.2) is 0 Å². The average Bonchev–Trinajstić information content (AvgIpc) is 2.46. The van der Waals surface area contributed by atoms with Gasteiger partial charge in [0.25, 0.3) is 0 Å². The fourth-order valence-electron chi connectivity index (χ4n) is 1.56. The number of nitrogens with zero attached hydrogens (tertiary/aromatic N) is 4. The second kappa shape index (κ2) is 6.75. The van der Waals surface area contributed by atoms with Crippen LogP contribution in [0.1, 0.15) is 11.4 Å². The molecule has 26 heavy (non-hydrogen) atoms. The molecule has 8 nitrogen and oxygen atoms in total. The number of halogens is 6. The van der Waals surface area contributed by atoms with E-state index in [4.69, 9.17) is 0 Å². The van der Waals surface area contributed by atoms with Gasteiger partial charge in [0.05, 0.1) is 12.1 Å². The lowest BCUT2D eigenvalue weighted by Gasteiger charge is -2.10. The van der Waals surface area contributed by atoms with Crippen LogP contribution in [0.4, 0.5) is 26.3 Å². The summed E-state index contributed by atoms with van der Waals surface area (Å²) in [5, 5.41) is 43.9. The molecule has 2 rings (SSSR count). The smallest absolute Gasteiger partial charge is 0.516 e. The molecule has 2 aromatic rings. The first-order valence-electron chi connectivity index (χ1n) is 6.04. The maximum Gasteiger partial charge on any atom is 0.516 e. The van der Waals surface area contributed by atoms with Gasteiger partial charge in [-0.2, -0.15) is 26.3 Å². The minimum Gasteiger partial charge on any atom is -0.614 e. The van der Waals surface area contributed by atoms with Crippen LogP contribution in [0.15, 0.2) is 34.8 Å². The zero-order chi connectivity index (χ0) is 19.9. The Morgan fingerprint density at radius 2 is 0.962 bits per heavy atom. The summed E-state index contributed by atoms with van der Waals surface area (Å²) in [4.78, 5) is 0. The van der Waals surface area contributed by atoms with Gasteiger partial charge in [0.1, 0.15) is 21.6 Å². The Balaban J connectivity index is 2.42. The summed E-state index contributed by atoms with van der Waals surface area (Å²) in [6.45, 7) is 0. The molecule has 0 aliphatic carbocycles. The molecule has 0 saturated carbocycles. The highest BCUT2D eigenvalue weighted by Gasteiger charge is 2.45. The van der Waals surface area contributed by atoms with Crippen LogP contribution in [0.2, 0.25) is 0 Å². The highest BCUT2D eigenvalue weighted by molar-refractivity contribution is 8.76. The van der Waals surface area contributed by atoms with E-state index in [2.05, 4.69) is 0 Å². The first-order chi connectivity index (χ1) is 11.8. The van der Waals surface area contributed by atoms with Crippen molar-refractivity contribution in [1.29, 1.82) is 0 Å². The van der Waals surface area contributed by atoms with E-state index in [0.29, 0.717) is 12.4 Å². The van der Waals surface area contributed by atoms with Crippen molar-refractivity contribution in [2.75, 3.05) is 0 Å². The fourth-order valence-corrected chi connectivity index (χ4v) is 3.60. The first-order valence-corrected chi connectivity index (χ1v) is 8.19. The molecule has 0 bridgehead atoms. The van der Waals surface area contributed by atoms with Crippen molar-refractivity contribution in [3.63, 3.8) is 0 Å². The van der Waals surface area contributed by atoms with E-state index in [1.54, 1.807) is 0 Å². The second-order valence-electron chi connectivity index (χ2n) is 4.37. The molecule has 0 fully saturated rings. The van der Waals surface area contributed by atoms with Crippen LogP contribution in [0.3, 0.4) is 0 Å². The van der Waals surface area contributed by atoms with Gasteiger partial charge in [-0.15, -0.1) is 9.46 Å². The number of alkyl halides is 6. The molecular formula is C10H4F6N4O4S2. The third-order valence-corrected chi connectivity index (χ3v) is 4.89. The summed E-state index contributed by atoms with van der Waals surface area (Å²) >= 11 is 0. The van der Waals surface area contributed by atoms with E-state index < -0.39 is 43.5 Å². The Kier molecular flexibility index (Phi) is 5.18. The summed E-state index contributed by atoms with van der Waals surface area (Å²) in [5.74, 6) is 0. The Morgan fingerprint density at radius 3 is 1.23 bits per heavy atom. The SMILES string of the molecule is [O-][n+]1ccc(C(F)(F)F)[n+]([O-])c1SSc1[n+]([O-])ccc(C(F)(F)F)[n+]1[O-]. The predicted octanol–water partition coefficient (Wildman–Crippen LogP) is 1.06. The van der Waals surface area contributed by atoms with Gasteiger partial charge in [-0.3, -0.25) is 0 Å². The lowest BCUT2D eigenvalue weighted by molar-refractivity contribution is -0.818. The van der Waals surface area contributed by atoms with Gasteiger partial charge in [-0.1, -0.05) is 9.46 Å². The predicted molar refractivity (Wildman–Crippen MR) is 70.4 cm³/mol. The maximum atomic E-state index is 12.7. The summed E-state index contributed by atoms with van der Waals surface area (Å²) in [6.07, 6.45) is -9.52. The van der Waals surface area contributed by atoms with E-state index >= 15 is 0 Å². The summed E-state index contributed by atoms with van der Waals surface area (Å²) in [6, 6.07) is 0.390. The van der Waals surface area contributed by atoms with Crippen molar-refractivity contribution in [2.24, 2.45) is 0 Å². The Hall–Kier alpha value is -2.36. The topological polar surface area (TPSA) is 108 Å². The van der Waals surface area contributed by atoms with Crippen molar-refractivity contribution >= 4 is 21.6 Å². The van der Waals surface area contributed by atoms with Crippen LogP contribution < -0.4 is 18.9 Å². The normalized spacial score (nSPS) is 12.4. The van der Waals surface area contributed by atoms with Crippen LogP contribution in [0.25, 0.3) is 0 Å². The third kappa shape index (κ3) is 3.90. The van der Waals surface area contributed by atoms with Gasteiger partial charge in [0.2, 0.25) is 0 Å². The molecule has 16 heteroatoms. The zero-order valence-electron chi connectivity index (χ0n) is 11.8. The summed E-state index contributed by atoms with van der Waals surface area (Å²) in [5.41, 5.74) is -3.52. The molecule has 0 atom stereocenters. The van der Waals surface area contributed by atoms with Gasteiger partial charge in [-0.05, 0) is 0 Å². The zero-order valence-corrected chi connectivity index (χ0v) is 13.4. The van der Waals surface area contributed by atoms with E-state index in [0.717, 1.165) is 0 Å². The fraction of sp³-hybridized carbons (Fsp3) is 0.200. The van der Waals surface area contributed by atoms with Gasteiger partial charge in [0.15, 0.2) is 12.4 Å². The van der Waals surface area contributed by atoms with Crippen molar-refractivity contribution in [3.8, 4) is 0 Å². The van der Waals surface area contributed by atoms with Crippen LogP contribution in [-0.4, -0.2) is 0 Å². The Bertz CT molecular complexity index is 778. The first kappa shape index (κ1) is 20.0. The molecule has 142 valence electrons. The number of hydrogen-bond donors (Lipinski definition) is 0. The molecule has 0 saturated heterocycles. The Labute approximate surface area is 147 Å². The van der Waals surface area contributed by atoms with E-state index in [9.17, 15) is 47.2 Å². The molecule has 0 unspecified atom stereocenters. The molecule has 0 aliphatic heterocycles. The second-order valence-corrected chi connectivity index (χ2v) is 6.43. The summed E-state index contributed by atoms with van der Waals surface area (Å²) in [7, 11) is -0.173. The van der Waals surface area contributed by atoms with Gasteiger partial charge in [0, 0.05) is 0 Å². The van der Waals surface area contributed by atoms with Crippen LogP contribution in [0.5, 0.6) is 0 Å². The molecule has 2 aromatic heterocycles. The largest absolute Gasteiger partial charge is 0.614 e. The number of aromatic nitrogens is 4. The van der Waals surface area contributed by atoms with Crippen LogP contribution in [0, 0.1) is 20.8 Å². The highest BCUT2D eigenvalue weighted by Crippen LogP contribution is 2.34. The monoisotopic (exact) mass is 422 g/mol. The minimum atomic E-state index is -5.11. The third-order valence-electron chi connectivity index (χ3n) is 2.67. The minimum absolute atomic E-state index is 0.0867. The summed E-state index contributed by atoms with van der Waals surface area (Å²) < 4.78 is 73.7. The van der Waals surface area contributed by atoms with Crippen LogP contribution >= 0.6 is 21.6 Å². The molecule has 0 aromatic carbocycles.